The molecule has 142 valence electrons. The van der Waals surface area contributed by atoms with E-state index in [1.54, 1.807) is 17.5 Å². The zero-order valence-electron chi connectivity index (χ0n) is 15.3. The highest BCUT2D eigenvalue weighted by Crippen LogP contribution is 2.40. The lowest BCUT2D eigenvalue weighted by Crippen LogP contribution is -2.29. The molecule has 0 spiro atoms. The van der Waals surface area contributed by atoms with Crippen molar-refractivity contribution in [3.63, 3.8) is 0 Å². The van der Waals surface area contributed by atoms with Gasteiger partial charge in [0, 0.05) is 28.7 Å². The smallest absolute Gasteiger partial charge is 0.227 e. The third-order valence-corrected chi connectivity index (χ3v) is 4.98. The normalized spacial score (nSPS) is 17.6. The van der Waals surface area contributed by atoms with Gasteiger partial charge in [-0.1, -0.05) is 41.9 Å². The van der Waals surface area contributed by atoms with Crippen LogP contribution in [0.15, 0.2) is 89.8 Å². The minimum atomic E-state index is -0.110. The van der Waals surface area contributed by atoms with E-state index in [0.717, 1.165) is 28.2 Å². The fraction of sp³-hybridized carbons (Fsp3) is 0.0455. The van der Waals surface area contributed by atoms with E-state index in [1.807, 2.05) is 72.8 Å². The van der Waals surface area contributed by atoms with E-state index in [9.17, 15) is 0 Å². The molecule has 5 rings (SSSR count). The summed E-state index contributed by atoms with van der Waals surface area (Å²) in [6.45, 7) is 0. The van der Waals surface area contributed by atoms with Crippen LogP contribution in [0.1, 0.15) is 17.3 Å². The van der Waals surface area contributed by atoms with Crippen LogP contribution in [0.25, 0.3) is 5.57 Å². The van der Waals surface area contributed by atoms with Gasteiger partial charge in [0.05, 0.1) is 17.4 Å². The van der Waals surface area contributed by atoms with Gasteiger partial charge < -0.3 is 5.32 Å². The molecule has 2 N–H and O–H groups in total. The van der Waals surface area contributed by atoms with E-state index >= 15 is 0 Å². The summed E-state index contributed by atoms with van der Waals surface area (Å²) in [6, 6.07) is 19.5. The Morgan fingerprint density at radius 2 is 1.83 bits per heavy atom. The van der Waals surface area contributed by atoms with Gasteiger partial charge in [0.25, 0.3) is 0 Å². The molecule has 3 aromatic rings. The molecule has 0 aliphatic carbocycles. The average Bonchev–Trinajstić information content (AvgIpc) is 3.15. The van der Waals surface area contributed by atoms with Crippen molar-refractivity contribution in [2.45, 2.75) is 6.04 Å². The molecule has 0 saturated carbocycles. The average molecular weight is 401 g/mol. The molecule has 1 aromatic heterocycles. The second kappa shape index (κ2) is 7.50. The van der Waals surface area contributed by atoms with E-state index in [2.05, 4.69) is 20.8 Å². The van der Waals surface area contributed by atoms with Crippen molar-refractivity contribution in [1.82, 2.24) is 20.5 Å². The molecule has 0 saturated heterocycles. The second-order valence-corrected chi connectivity index (χ2v) is 7.04. The summed E-state index contributed by atoms with van der Waals surface area (Å²) < 4.78 is 0. The minimum absolute atomic E-state index is 0.110. The lowest BCUT2D eigenvalue weighted by atomic mass is 9.96. The molecular weight excluding hydrogens is 384 g/mol. The van der Waals surface area contributed by atoms with Gasteiger partial charge in [-0.05, 0) is 48.0 Å². The number of allylic oxidation sites excluding steroid dienone is 2. The first-order valence-electron chi connectivity index (χ1n) is 9.20. The highest BCUT2D eigenvalue weighted by molar-refractivity contribution is 6.30. The number of hydrogen-bond donors (Lipinski definition) is 2. The summed E-state index contributed by atoms with van der Waals surface area (Å²) in [5.41, 5.74) is 8.25. The quantitative estimate of drug-likeness (QED) is 0.664. The number of fused-ring (bicyclic) bond motifs is 1. The molecule has 2 aliphatic heterocycles. The number of aromatic nitrogens is 2. The topological polar surface area (TPSA) is 65.4 Å². The van der Waals surface area contributed by atoms with Crippen molar-refractivity contribution in [2.75, 3.05) is 5.32 Å². The van der Waals surface area contributed by atoms with Crippen LogP contribution in [0, 0.1) is 0 Å². The second-order valence-electron chi connectivity index (χ2n) is 6.60. The Kier molecular flexibility index (Phi) is 4.56. The number of hydrogen-bond acceptors (Lipinski definition) is 6. The lowest BCUT2D eigenvalue weighted by molar-refractivity contribution is 0.275. The van der Waals surface area contributed by atoms with E-state index < -0.39 is 0 Å². The first-order valence-corrected chi connectivity index (χ1v) is 9.58. The summed E-state index contributed by atoms with van der Waals surface area (Å²) in [6.07, 6.45) is 7.46. The summed E-state index contributed by atoms with van der Waals surface area (Å²) in [4.78, 5) is 9.15. The molecule has 7 heteroatoms. The molecule has 0 radical (unpaired) electrons. The molecule has 1 unspecified atom stereocenters. The van der Waals surface area contributed by atoms with Gasteiger partial charge in [0.15, 0.2) is 0 Å². The van der Waals surface area contributed by atoms with Gasteiger partial charge in [0.2, 0.25) is 5.95 Å². The monoisotopic (exact) mass is 400 g/mol. The van der Waals surface area contributed by atoms with Crippen molar-refractivity contribution in [1.29, 1.82) is 0 Å². The molecule has 1 atom stereocenters. The van der Waals surface area contributed by atoms with Gasteiger partial charge in [-0.3, -0.25) is 0 Å². The van der Waals surface area contributed by atoms with Crippen molar-refractivity contribution < 1.29 is 0 Å². The summed E-state index contributed by atoms with van der Waals surface area (Å²) in [7, 11) is 0. The van der Waals surface area contributed by atoms with E-state index in [1.165, 1.54) is 0 Å². The van der Waals surface area contributed by atoms with Crippen LogP contribution in [0.5, 0.6) is 0 Å². The number of halogens is 1. The fourth-order valence-corrected chi connectivity index (χ4v) is 3.53. The summed E-state index contributed by atoms with van der Waals surface area (Å²) >= 11 is 6.09. The molecular formula is C22H17ClN6. The molecule has 2 aliphatic rings. The highest BCUT2D eigenvalue weighted by atomic mass is 35.5. The predicted molar refractivity (Wildman–Crippen MR) is 115 cm³/mol. The highest BCUT2D eigenvalue weighted by Gasteiger charge is 2.33. The van der Waals surface area contributed by atoms with Crippen LogP contribution >= 0.6 is 11.6 Å². The third-order valence-electron chi connectivity index (χ3n) is 4.73. The standard InChI is InChI=1S/C22H17ClN6/c23-16-10-8-15(9-11-16)21-20(19-7-4-13-25-29(19)28-21)18-12-14-24-22(27-18)26-17-5-2-1-3-6-17/h1-14,21,28H,(H,24,26,27). The van der Waals surface area contributed by atoms with Crippen LogP contribution in [-0.2, 0) is 0 Å². The number of rotatable bonds is 4. The van der Waals surface area contributed by atoms with Gasteiger partial charge in [-0.15, -0.1) is 0 Å². The SMILES string of the molecule is Clc1ccc(C2NN3N=CC=CC3=C2c2ccnc(Nc3ccccc3)n2)cc1. The summed E-state index contributed by atoms with van der Waals surface area (Å²) in [5, 5.41) is 10.2. The Hall–Kier alpha value is -3.48. The van der Waals surface area contributed by atoms with Crippen molar-refractivity contribution in [3.8, 4) is 0 Å². The van der Waals surface area contributed by atoms with Gasteiger partial charge in [0.1, 0.15) is 0 Å². The van der Waals surface area contributed by atoms with E-state index in [4.69, 9.17) is 16.6 Å². The largest absolute Gasteiger partial charge is 0.324 e. The molecule has 2 aromatic carbocycles. The Morgan fingerprint density at radius 3 is 2.66 bits per heavy atom. The molecule has 6 nitrogen and oxygen atoms in total. The maximum absolute atomic E-state index is 6.09. The van der Waals surface area contributed by atoms with E-state index in [0.29, 0.717) is 11.0 Å². The Labute approximate surface area is 173 Å². The van der Waals surface area contributed by atoms with Crippen molar-refractivity contribution in [3.05, 3.63) is 101 Å². The predicted octanol–water partition coefficient (Wildman–Crippen LogP) is 4.70. The van der Waals surface area contributed by atoms with Crippen LogP contribution in [0.4, 0.5) is 11.6 Å². The van der Waals surface area contributed by atoms with Crippen LogP contribution in [0.2, 0.25) is 5.02 Å². The number of para-hydroxylation sites is 1. The lowest BCUT2D eigenvalue weighted by Gasteiger charge is -2.18. The number of nitrogens with zero attached hydrogens (tertiary/aromatic N) is 4. The number of nitrogens with one attached hydrogen (secondary N) is 2. The van der Waals surface area contributed by atoms with Gasteiger partial charge in [-0.2, -0.15) is 10.2 Å². The maximum atomic E-state index is 6.09. The van der Waals surface area contributed by atoms with Gasteiger partial charge >= 0.3 is 0 Å². The first-order chi connectivity index (χ1) is 14.3. The maximum Gasteiger partial charge on any atom is 0.227 e. The van der Waals surface area contributed by atoms with Crippen LogP contribution in [0.3, 0.4) is 0 Å². The third kappa shape index (κ3) is 3.51. The van der Waals surface area contributed by atoms with Crippen LogP contribution in [-0.4, -0.2) is 21.3 Å². The van der Waals surface area contributed by atoms with Crippen LogP contribution < -0.4 is 10.7 Å². The zero-order valence-corrected chi connectivity index (χ0v) is 16.1. The van der Waals surface area contributed by atoms with Crippen molar-refractivity contribution >= 4 is 35.0 Å². The fourth-order valence-electron chi connectivity index (χ4n) is 3.41. The number of hydrazone groups is 1. The Morgan fingerprint density at radius 1 is 1.00 bits per heavy atom. The zero-order chi connectivity index (χ0) is 19.6. The van der Waals surface area contributed by atoms with Crippen molar-refractivity contribution in [2.24, 2.45) is 5.10 Å². The first kappa shape index (κ1) is 17.6. The molecule has 3 heterocycles. The Bertz CT molecular complexity index is 1120. The molecule has 0 fully saturated rings. The Balaban J connectivity index is 1.56. The molecule has 0 bridgehead atoms. The van der Waals surface area contributed by atoms with Gasteiger partial charge in [-0.25, -0.2) is 15.4 Å². The molecule has 29 heavy (non-hydrogen) atoms. The number of anilines is 2. The number of benzene rings is 2. The van der Waals surface area contributed by atoms with E-state index in [-0.39, 0.29) is 6.04 Å². The molecule has 0 amide bonds. The summed E-state index contributed by atoms with van der Waals surface area (Å²) in [5.74, 6) is 0.540. The number of hydrazine groups is 1. The minimum Gasteiger partial charge on any atom is -0.324 e.